The van der Waals surface area contributed by atoms with E-state index >= 15 is 0 Å². The van der Waals surface area contributed by atoms with Crippen LogP contribution < -0.4 is 21.3 Å². The molecule has 2 heterocycles. The maximum atomic E-state index is 11.0. The van der Waals surface area contributed by atoms with Crippen LogP contribution in [0.3, 0.4) is 0 Å². The predicted molar refractivity (Wildman–Crippen MR) is 132 cm³/mol. The monoisotopic (exact) mass is 444 g/mol. The van der Waals surface area contributed by atoms with Crippen molar-refractivity contribution < 1.29 is 4.79 Å². The van der Waals surface area contributed by atoms with Crippen LogP contribution in [0, 0.1) is 11.3 Å². The highest BCUT2D eigenvalue weighted by Gasteiger charge is 2.29. The Labute approximate surface area is 195 Å². The molecule has 1 aliphatic carbocycles. The maximum Gasteiger partial charge on any atom is 0.241 e. The van der Waals surface area contributed by atoms with Crippen LogP contribution in [-0.2, 0) is 4.79 Å². The summed E-state index contributed by atoms with van der Waals surface area (Å²) < 4.78 is 0. The Bertz CT molecular complexity index is 1010. The minimum Gasteiger partial charge on any atom is -0.370 e. The molecule has 3 atom stereocenters. The molecule has 1 saturated carbocycles. The first-order valence-corrected chi connectivity index (χ1v) is 11.8. The van der Waals surface area contributed by atoms with Gasteiger partial charge in [0, 0.05) is 49.2 Å². The molecule has 1 aromatic carbocycles. The van der Waals surface area contributed by atoms with Gasteiger partial charge in [0.25, 0.3) is 0 Å². The molecule has 0 radical (unpaired) electrons. The van der Waals surface area contributed by atoms with Gasteiger partial charge in [0.05, 0.1) is 11.6 Å². The molecule has 3 unspecified atom stereocenters. The first kappa shape index (κ1) is 22.8. The number of rotatable bonds is 7. The van der Waals surface area contributed by atoms with Crippen LogP contribution in [0.2, 0.25) is 0 Å². The molecule has 2 fully saturated rings. The molecule has 4 N–H and O–H groups in total. The van der Waals surface area contributed by atoms with Gasteiger partial charge in [-0.2, -0.15) is 5.26 Å². The van der Waals surface area contributed by atoms with Crippen molar-refractivity contribution in [2.75, 3.05) is 23.3 Å². The maximum absolute atomic E-state index is 11.0. The lowest BCUT2D eigenvalue weighted by atomic mass is 9.89. The van der Waals surface area contributed by atoms with E-state index in [2.05, 4.69) is 38.7 Å². The lowest BCUT2D eigenvalue weighted by molar-refractivity contribution is -0.113. The number of piperidine rings is 1. The van der Waals surface area contributed by atoms with Crippen molar-refractivity contribution in [3.05, 3.63) is 59.8 Å². The van der Waals surface area contributed by atoms with Crippen molar-refractivity contribution in [3.63, 3.8) is 0 Å². The van der Waals surface area contributed by atoms with Crippen LogP contribution in [0.25, 0.3) is 6.08 Å². The van der Waals surface area contributed by atoms with Gasteiger partial charge in [0.2, 0.25) is 5.91 Å². The van der Waals surface area contributed by atoms with Crippen molar-refractivity contribution >= 4 is 23.5 Å². The first-order valence-electron chi connectivity index (χ1n) is 11.8. The Morgan fingerprint density at radius 3 is 2.67 bits per heavy atom. The summed E-state index contributed by atoms with van der Waals surface area (Å²) in [5.41, 5.74) is 8.00. The first-order chi connectivity index (χ1) is 16.1. The number of carbonyl (C=O) groups excluding carboxylic acids is 1. The molecular weight excluding hydrogens is 412 g/mol. The number of amides is 1. The predicted octanol–water partition coefficient (Wildman–Crippen LogP) is 3.43. The van der Waals surface area contributed by atoms with Crippen LogP contribution in [0.15, 0.2) is 48.7 Å². The summed E-state index contributed by atoms with van der Waals surface area (Å²) in [7, 11) is 0. The quantitative estimate of drug-likeness (QED) is 0.565. The van der Waals surface area contributed by atoms with Crippen molar-refractivity contribution in [1.29, 1.82) is 5.26 Å². The molecule has 1 aromatic heterocycles. The molecule has 7 nitrogen and oxygen atoms in total. The van der Waals surface area contributed by atoms with Gasteiger partial charge in [-0.3, -0.25) is 4.79 Å². The molecule has 2 aromatic rings. The third kappa shape index (κ3) is 6.33. The fraction of sp³-hybridized carbons (Fsp3) is 0.423. The number of nitriles is 1. The second-order valence-corrected chi connectivity index (χ2v) is 8.96. The second kappa shape index (κ2) is 11.0. The third-order valence-electron chi connectivity index (χ3n) is 6.56. The molecule has 2 aliphatic rings. The van der Waals surface area contributed by atoms with Gasteiger partial charge in [-0.05, 0) is 73.7 Å². The summed E-state index contributed by atoms with van der Waals surface area (Å²) in [5, 5.41) is 16.6. The van der Waals surface area contributed by atoms with E-state index in [1.807, 2.05) is 24.3 Å². The number of aromatic nitrogens is 1. The molecule has 0 bridgehead atoms. The zero-order chi connectivity index (χ0) is 23.0. The summed E-state index contributed by atoms with van der Waals surface area (Å²) in [6.45, 7) is 2.02. The van der Waals surface area contributed by atoms with Gasteiger partial charge in [0.15, 0.2) is 0 Å². The number of nitrogens with zero attached hydrogens (tertiary/aromatic N) is 3. The Morgan fingerprint density at radius 1 is 1.12 bits per heavy atom. The number of pyridine rings is 1. The second-order valence-electron chi connectivity index (χ2n) is 8.96. The SMILES string of the molecule is N#Cc1ccc(N2CCCC(NC3CCCCC3Nc3cc(C=CC(N)=O)ccn3)C2)cc1. The molecule has 7 heteroatoms. The minimum absolute atomic E-state index is 0.312. The van der Waals surface area contributed by atoms with Crippen molar-refractivity contribution in [1.82, 2.24) is 10.3 Å². The number of nitrogens with one attached hydrogen (secondary N) is 2. The van der Waals surface area contributed by atoms with E-state index in [4.69, 9.17) is 11.0 Å². The molecule has 1 amide bonds. The van der Waals surface area contributed by atoms with Gasteiger partial charge < -0.3 is 21.3 Å². The molecular formula is C26H32N6O. The lowest BCUT2D eigenvalue weighted by Gasteiger charge is -2.40. The number of primary amides is 1. The Morgan fingerprint density at radius 2 is 1.91 bits per heavy atom. The summed E-state index contributed by atoms with van der Waals surface area (Å²) >= 11 is 0. The summed E-state index contributed by atoms with van der Waals surface area (Å²) in [4.78, 5) is 17.9. The number of hydrogen-bond donors (Lipinski definition) is 3. The molecule has 1 saturated heterocycles. The summed E-state index contributed by atoms with van der Waals surface area (Å²) in [6.07, 6.45) is 11.8. The van der Waals surface area contributed by atoms with Gasteiger partial charge in [-0.15, -0.1) is 0 Å². The Kier molecular flexibility index (Phi) is 7.59. The van der Waals surface area contributed by atoms with Crippen molar-refractivity contribution in [2.45, 2.75) is 56.7 Å². The fourth-order valence-electron chi connectivity index (χ4n) is 4.90. The third-order valence-corrected chi connectivity index (χ3v) is 6.56. The van der Waals surface area contributed by atoms with E-state index in [1.54, 1.807) is 12.3 Å². The smallest absolute Gasteiger partial charge is 0.241 e. The number of carbonyl (C=O) groups is 1. The van der Waals surface area contributed by atoms with Crippen LogP contribution in [0.5, 0.6) is 0 Å². The molecule has 0 spiro atoms. The number of anilines is 2. The molecule has 4 rings (SSSR count). The van der Waals surface area contributed by atoms with Crippen LogP contribution >= 0.6 is 0 Å². The number of benzene rings is 1. The van der Waals surface area contributed by atoms with Gasteiger partial charge in [-0.1, -0.05) is 12.8 Å². The topological polar surface area (TPSA) is 107 Å². The fourth-order valence-corrected chi connectivity index (χ4v) is 4.90. The van der Waals surface area contributed by atoms with E-state index in [0.29, 0.717) is 23.7 Å². The zero-order valence-corrected chi connectivity index (χ0v) is 18.9. The van der Waals surface area contributed by atoms with Crippen molar-refractivity contribution in [2.24, 2.45) is 5.73 Å². The largest absolute Gasteiger partial charge is 0.370 e. The van der Waals surface area contributed by atoms with E-state index in [-0.39, 0.29) is 0 Å². The lowest BCUT2D eigenvalue weighted by Crippen LogP contribution is -2.55. The average molecular weight is 445 g/mol. The Balaban J connectivity index is 1.38. The van der Waals surface area contributed by atoms with E-state index in [0.717, 1.165) is 43.7 Å². The standard InChI is InChI=1S/C26H32N6O/c27-17-20-7-10-22(11-8-20)32-15-3-4-21(18-32)30-23-5-1-2-6-24(23)31-26-16-19(13-14-29-26)9-12-25(28)33/h7-14,16,21,23-24,30H,1-6,15,18H2,(H2,28,33)(H,29,31). The van der Waals surface area contributed by atoms with Crippen LogP contribution in [0.4, 0.5) is 11.5 Å². The number of nitrogens with two attached hydrogens (primary N) is 1. The van der Waals surface area contributed by atoms with Gasteiger partial charge >= 0.3 is 0 Å². The summed E-state index contributed by atoms with van der Waals surface area (Å²) in [6, 6.07) is 15.0. The molecule has 1 aliphatic heterocycles. The normalized spacial score (nSPS) is 23.2. The number of hydrogen-bond acceptors (Lipinski definition) is 6. The van der Waals surface area contributed by atoms with Crippen LogP contribution in [0.1, 0.15) is 49.7 Å². The highest BCUT2D eigenvalue weighted by molar-refractivity contribution is 5.90. The zero-order valence-electron chi connectivity index (χ0n) is 18.9. The molecule has 172 valence electrons. The highest BCUT2D eigenvalue weighted by atomic mass is 16.1. The highest BCUT2D eigenvalue weighted by Crippen LogP contribution is 2.25. The van der Waals surface area contributed by atoms with Gasteiger partial charge in [0.1, 0.15) is 5.82 Å². The van der Waals surface area contributed by atoms with E-state index in [9.17, 15) is 4.79 Å². The van der Waals surface area contributed by atoms with Crippen LogP contribution in [-0.4, -0.2) is 42.1 Å². The Hall–Kier alpha value is -3.37. The van der Waals surface area contributed by atoms with Crippen molar-refractivity contribution in [3.8, 4) is 6.07 Å². The minimum atomic E-state index is -0.458. The summed E-state index contributed by atoms with van der Waals surface area (Å²) in [5.74, 6) is 0.364. The van der Waals surface area contributed by atoms with E-state index in [1.165, 1.54) is 31.0 Å². The average Bonchev–Trinajstić information content (AvgIpc) is 2.84. The molecule has 33 heavy (non-hydrogen) atoms. The van der Waals surface area contributed by atoms with Gasteiger partial charge in [-0.25, -0.2) is 4.98 Å². The van der Waals surface area contributed by atoms with E-state index < -0.39 is 5.91 Å².